The van der Waals surface area contributed by atoms with Crippen molar-refractivity contribution in [3.8, 4) is 0 Å². The number of likely N-dealkylation sites (tertiary alicyclic amines) is 1. The molecule has 0 spiro atoms. The Morgan fingerprint density at radius 2 is 2.05 bits per heavy atom. The van der Waals surface area contributed by atoms with E-state index < -0.39 is 17.7 Å². The summed E-state index contributed by atoms with van der Waals surface area (Å²) in [5, 5.41) is 9.65. The van der Waals surface area contributed by atoms with Crippen LogP contribution in [0.25, 0.3) is 0 Å². The Bertz CT molecular complexity index is 479. The number of fused-ring (bicyclic) bond motifs is 5. The number of nitrogens with zero attached hydrogens (tertiary/aromatic N) is 1. The maximum absolute atomic E-state index is 12.6. The van der Waals surface area contributed by atoms with Crippen molar-refractivity contribution in [3.05, 3.63) is 12.2 Å². The molecule has 1 saturated carbocycles. The first-order valence-corrected chi connectivity index (χ1v) is 7.18. The summed E-state index contributed by atoms with van der Waals surface area (Å²) in [6, 6.07) is -0.442. The van der Waals surface area contributed by atoms with E-state index in [0.29, 0.717) is 5.92 Å². The van der Waals surface area contributed by atoms with E-state index in [1.165, 1.54) is 0 Å². The lowest BCUT2D eigenvalue weighted by molar-refractivity contribution is -0.132. The van der Waals surface area contributed by atoms with Gasteiger partial charge in [-0.05, 0) is 39.0 Å². The molecule has 3 rings (SSSR count). The fourth-order valence-electron chi connectivity index (χ4n) is 3.97. The molecule has 2 aliphatic carbocycles. The Morgan fingerprint density at radius 1 is 1.40 bits per heavy atom. The van der Waals surface area contributed by atoms with Gasteiger partial charge in [-0.3, -0.25) is 4.79 Å². The molecule has 1 aliphatic heterocycles. The summed E-state index contributed by atoms with van der Waals surface area (Å²) in [4.78, 5) is 26.0. The largest absolute Gasteiger partial charge is 0.443 e. The molecule has 110 valence electrons. The Balaban J connectivity index is 1.86. The third kappa shape index (κ3) is 1.87. The summed E-state index contributed by atoms with van der Waals surface area (Å²) in [6.07, 6.45) is 4.55. The van der Waals surface area contributed by atoms with E-state index in [1.54, 1.807) is 20.8 Å². The number of aliphatic hydroxyl groups excluding tert-OH is 1. The average Bonchev–Trinajstić information content (AvgIpc) is 2.97. The minimum absolute atomic E-state index is 0.0509. The molecule has 5 heteroatoms. The van der Waals surface area contributed by atoms with Crippen LogP contribution in [0.3, 0.4) is 0 Å². The van der Waals surface area contributed by atoms with E-state index in [-0.39, 0.29) is 30.3 Å². The number of hydrogen-bond acceptors (Lipinski definition) is 4. The Hall–Kier alpha value is -1.36. The molecule has 20 heavy (non-hydrogen) atoms. The molecule has 2 bridgehead atoms. The van der Waals surface area contributed by atoms with Crippen LogP contribution in [0.1, 0.15) is 27.2 Å². The van der Waals surface area contributed by atoms with Crippen molar-refractivity contribution in [2.24, 2.45) is 23.7 Å². The van der Waals surface area contributed by atoms with Crippen molar-refractivity contribution in [2.75, 3.05) is 6.61 Å². The van der Waals surface area contributed by atoms with Crippen molar-refractivity contribution in [1.29, 1.82) is 0 Å². The van der Waals surface area contributed by atoms with Gasteiger partial charge in [0.25, 0.3) is 0 Å². The van der Waals surface area contributed by atoms with Crippen LogP contribution >= 0.6 is 0 Å². The monoisotopic (exact) mass is 279 g/mol. The van der Waals surface area contributed by atoms with Crippen LogP contribution in [-0.4, -0.2) is 40.3 Å². The highest BCUT2D eigenvalue weighted by Gasteiger charge is 2.60. The summed E-state index contributed by atoms with van der Waals surface area (Å²) in [5.41, 5.74) is -0.647. The number of aliphatic hydroxyl groups is 1. The fraction of sp³-hybridized carbons (Fsp3) is 0.733. The van der Waals surface area contributed by atoms with Gasteiger partial charge >= 0.3 is 6.09 Å². The Labute approximate surface area is 118 Å². The lowest BCUT2D eigenvalue weighted by atomic mass is 9.82. The molecule has 5 atom stereocenters. The number of carbonyl (C=O) groups excluding carboxylic acids is 2. The van der Waals surface area contributed by atoms with Crippen molar-refractivity contribution in [3.63, 3.8) is 0 Å². The molecule has 2 amide bonds. The first-order valence-electron chi connectivity index (χ1n) is 7.18. The highest BCUT2D eigenvalue weighted by molar-refractivity contribution is 5.96. The van der Waals surface area contributed by atoms with Gasteiger partial charge in [-0.25, -0.2) is 9.69 Å². The number of hydrogen-bond donors (Lipinski definition) is 1. The fourth-order valence-corrected chi connectivity index (χ4v) is 3.97. The van der Waals surface area contributed by atoms with Crippen molar-refractivity contribution in [1.82, 2.24) is 4.90 Å². The van der Waals surface area contributed by atoms with Gasteiger partial charge in [0.1, 0.15) is 5.60 Å². The first kappa shape index (κ1) is 13.6. The van der Waals surface area contributed by atoms with Gasteiger partial charge in [0, 0.05) is 5.92 Å². The van der Waals surface area contributed by atoms with Gasteiger partial charge in [-0.15, -0.1) is 0 Å². The molecule has 1 heterocycles. The van der Waals surface area contributed by atoms with E-state index in [2.05, 4.69) is 12.2 Å². The summed E-state index contributed by atoms with van der Waals surface area (Å²) < 4.78 is 5.31. The SMILES string of the molecule is CC(C)(C)OC(=O)N1C(=O)[C@H]2[C@H]([C@@H]3C=C[C@H]2C3)[C@H]1CO. The molecule has 0 aromatic rings. The number of imide groups is 1. The van der Waals surface area contributed by atoms with Gasteiger partial charge in [0.15, 0.2) is 0 Å². The average molecular weight is 279 g/mol. The number of amides is 2. The maximum Gasteiger partial charge on any atom is 0.417 e. The van der Waals surface area contributed by atoms with Gasteiger partial charge < -0.3 is 9.84 Å². The highest BCUT2D eigenvalue weighted by atomic mass is 16.6. The lowest BCUT2D eigenvalue weighted by Gasteiger charge is -2.29. The topological polar surface area (TPSA) is 66.8 Å². The molecule has 1 N–H and O–H groups in total. The van der Waals surface area contributed by atoms with Gasteiger partial charge in [0.05, 0.1) is 18.6 Å². The Morgan fingerprint density at radius 3 is 2.65 bits per heavy atom. The standard InChI is InChI=1S/C15H21NO4/c1-15(2,3)20-14(19)16-10(7-17)11-8-4-5-9(6-8)12(11)13(16)18/h4-5,8-12,17H,6-7H2,1-3H3/t8-,9+,10-,11-,12-/m1/s1. The summed E-state index contributed by atoms with van der Waals surface area (Å²) in [5.74, 6) is 0.238. The number of carbonyl (C=O) groups is 2. The maximum atomic E-state index is 12.6. The summed E-state index contributed by atoms with van der Waals surface area (Å²) in [6.45, 7) is 5.12. The zero-order valence-corrected chi connectivity index (χ0v) is 12.1. The lowest BCUT2D eigenvalue weighted by Crippen LogP contribution is -2.46. The minimum Gasteiger partial charge on any atom is -0.443 e. The van der Waals surface area contributed by atoms with Crippen LogP contribution in [0.15, 0.2) is 12.2 Å². The van der Waals surface area contributed by atoms with Crippen LogP contribution in [0.5, 0.6) is 0 Å². The molecule has 0 aromatic heterocycles. The zero-order valence-electron chi connectivity index (χ0n) is 12.1. The quantitative estimate of drug-likeness (QED) is 0.740. The predicted octanol–water partition coefficient (Wildman–Crippen LogP) is 1.56. The highest BCUT2D eigenvalue weighted by Crippen LogP contribution is 2.54. The molecule has 5 nitrogen and oxygen atoms in total. The molecular formula is C15H21NO4. The van der Waals surface area contributed by atoms with Gasteiger partial charge in [0.2, 0.25) is 5.91 Å². The van der Waals surface area contributed by atoms with E-state index in [1.807, 2.05) is 0 Å². The second kappa shape index (κ2) is 4.32. The van der Waals surface area contributed by atoms with Crippen LogP contribution in [0.4, 0.5) is 4.79 Å². The molecule has 0 aromatic carbocycles. The third-order valence-corrected chi connectivity index (χ3v) is 4.60. The summed E-state index contributed by atoms with van der Waals surface area (Å²) >= 11 is 0. The normalized spacial score (nSPS) is 38.5. The van der Waals surface area contributed by atoms with Gasteiger partial charge in [-0.2, -0.15) is 0 Å². The number of rotatable bonds is 1. The Kier molecular flexibility index (Phi) is 2.94. The van der Waals surface area contributed by atoms with E-state index in [4.69, 9.17) is 4.74 Å². The smallest absolute Gasteiger partial charge is 0.417 e. The van der Waals surface area contributed by atoms with E-state index in [9.17, 15) is 14.7 Å². The minimum atomic E-state index is -0.647. The van der Waals surface area contributed by atoms with Crippen molar-refractivity contribution < 1.29 is 19.4 Å². The van der Waals surface area contributed by atoms with Gasteiger partial charge in [-0.1, -0.05) is 12.2 Å². The molecule has 0 radical (unpaired) electrons. The molecular weight excluding hydrogens is 258 g/mol. The van der Waals surface area contributed by atoms with Crippen molar-refractivity contribution >= 4 is 12.0 Å². The molecule has 3 aliphatic rings. The van der Waals surface area contributed by atoms with E-state index in [0.717, 1.165) is 11.3 Å². The summed E-state index contributed by atoms with van der Waals surface area (Å²) in [7, 11) is 0. The van der Waals surface area contributed by atoms with Crippen LogP contribution in [-0.2, 0) is 9.53 Å². The van der Waals surface area contributed by atoms with Crippen molar-refractivity contribution in [2.45, 2.75) is 38.8 Å². The first-order chi connectivity index (χ1) is 9.33. The molecule has 2 fully saturated rings. The zero-order chi connectivity index (χ0) is 14.7. The van der Waals surface area contributed by atoms with E-state index >= 15 is 0 Å². The number of allylic oxidation sites excluding steroid dienone is 2. The predicted molar refractivity (Wildman–Crippen MR) is 71.7 cm³/mol. The molecule has 1 saturated heterocycles. The number of ether oxygens (including phenoxy) is 1. The third-order valence-electron chi connectivity index (χ3n) is 4.60. The van der Waals surface area contributed by atoms with Crippen LogP contribution in [0, 0.1) is 23.7 Å². The second-order valence-corrected chi connectivity index (χ2v) is 6.99. The molecule has 0 unspecified atom stereocenters. The second-order valence-electron chi connectivity index (χ2n) is 6.99. The van der Waals surface area contributed by atoms with Crippen LogP contribution in [0.2, 0.25) is 0 Å². The van der Waals surface area contributed by atoms with Crippen LogP contribution < -0.4 is 0 Å².